The highest BCUT2D eigenvalue weighted by atomic mass is 35.5. The number of benzene rings is 1. The molecule has 1 aromatic carbocycles. The summed E-state index contributed by atoms with van der Waals surface area (Å²) in [6, 6.07) is 7.84. The van der Waals surface area contributed by atoms with E-state index in [0.717, 1.165) is 22.0 Å². The molecule has 0 radical (unpaired) electrons. The molecule has 0 bridgehead atoms. The molecule has 0 aliphatic carbocycles. The average Bonchev–Trinajstić information content (AvgIpc) is 2.83. The van der Waals surface area contributed by atoms with E-state index in [4.69, 9.17) is 16.3 Å². The number of fused-ring (bicyclic) bond motifs is 1. The Morgan fingerprint density at radius 2 is 2.29 bits per heavy atom. The lowest BCUT2D eigenvalue weighted by Crippen LogP contribution is -2.33. The van der Waals surface area contributed by atoms with Gasteiger partial charge in [0.05, 0.1) is 24.5 Å². The van der Waals surface area contributed by atoms with Crippen LogP contribution in [0.2, 0.25) is 0 Å². The number of carbonyl (C=O) groups is 1. The third-order valence-corrected chi connectivity index (χ3v) is 4.52. The summed E-state index contributed by atoms with van der Waals surface area (Å²) in [5.74, 6) is 1.33. The predicted molar refractivity (Wildman–Crippen MR) is 82.7 cm³/mol. The third-order valence-electron chi connectivity index (χ3n) is 3.34. The fourth-order valence-corrected chi connectivity index (χ4v) is 3.28. The molecule has 0 saturated heterocycles. The lowest BCUT2D eigenvalue weighted by atomic mass is 10.2. The van der Waals surface area contributed by atoms with Crippen LogP contribution in [0.1, 0.15) is 16.3 Å². The summed E-state index contributed by atoms with van der Waals surface area (Å²) in [5.41, 5.74) is 1.87. The molecule has 6 heteroatoms. The van der Waals surface area contributed by atoms with Gasteiger partial charge in [0.1, 0.15) is 17.4 Å². The number of carbonyl (C=O) groups excluding carboxylic acids is 1. The third kappa shape index (κ3) is 3.36. The summed E-state index contributed by atoms with van der Waals surface area (Å²) in [6.07, 6.45) is 0.323. The quantitative estimate of drug-likeness (QED) is 0.816. The monoisotopic (exact) mass is 322 g/mol. The second-order valence-electron chi connectivity index (χ2n) is 4.81. The fraction of sp³-hybridized carbons (Fsp3) is 0.333. The number of nitrogens with zero attached hydrogens (tertiary/aromatic N) is 2. The summed E-state index contributed by atoms with van der Waals surface area (Å²) in [5, 5.41) is 2.71. The molecular weight excluding hydrogens is 308 g/mol. The van der Waals surface area contributed by atoms with E-state index in [9.17, 15) is 4.79 Å². The predicted octanol–water partition coefficient (Wildman–Crippen LogP) is 2.85. The first-order valence-electron chi connectivity index (χ1n) is 6.74. The number of rotatable bonds is 3. The number of hydrogen-bond donors (Lipinski definition) is 0. The average molecular weight is 323 g/mol. The number of ether oxygens (including phenoxy) is 1. The lowest BCUT2D eigenvalue weighted by Gasteiger charge is -2.19. The van der Waals surface area contributed by atoms with Gasteiger partial charge >= 0.3 is 0 Å². The number of amides is 1. The van der Waals surface area contributed by atoms with E-state index in [0.29, 0.717) is 32.0 Å². The summed E-state index contributed by atoms with van der Waals surface area (Å²) in [6.45, 7) is 1.71. The second-order valence-corrected chi connectivity index (χ2v) is 6.02. The Balaban J connectivity index is 1.70. The molecule has 1 aliphatic rings. The molecule has 1 amide bonds. The van der Waals surface area contributed by atoms with E-state index in [1.165, 1.54) is 11.3 Å². The van der Waals surface area contributed by atoms with Crippen molar-refractivity contribution in [3.05, 3.63) is 45.9 Å². The summed E-state index contributed by atoms with van der Waals surface area (Å²) in [4.78, 5) is 18.6. The zero-order chi connectivity index (χ0) is 14.7. The highest BCUT2D eigenvalue weighted by Crippen LogP contribution is 2.23. The van der Waals surface area contributed by atoms with Gasteiger partial charge in [0.15, 0.2) is 0 Å². The van der Waals surface area contributed by atoms with Crippen LogP contribution in [0.25, 0.3) is 0 Å². The van der Waals surface area contributed by atoms with Gasteiger partial charge < -0.3 is 9.64 Å². The minimum Gasteiger partial charge on any atom is -0.491 e. The molecule has 0 atom stereocenters. The van der Waals surface area contributed by atoms with Crippen molar-refractivity contribution in [3.8, 4) is 5.75 Å². The zero-order valence-electron chi connectivity index (χ0n) is 11.4. The minimum atomic E-state index is 0.0748. The molecule has 2 aromatic rings. The van der Waals surface area contributed by atoms with Gasteiger partial charge in [-0.2, -0.15) is 0 Å². The first kappa shape index (κ1) is 14.4. The molecule has 0 saturated carbocycles. The van der Waals surface area contributed by atoms with Crippen molar-refractivity contribution in [2.75, 3.05) is 13.2 Å². The van der Waals surface area contributed by atoms with Crippen LogP contribution >= 0.6 is 22.9 Å². The maximum atomic E-state index is 12.4. The molecule has 110 valence electrons. The molecule has 0 N–H and O–H groups in total. The zero-order valence-corrected chi connectivity index (χ0v) is 13.0. The van der Waals surface area contributed by atoms with Crippen LogP contribution in [0.4, 0.5) is 0 Å². The van der Waals surface area contributed by atoms with Crippen molar-refractivity contribution in [3.63, 3.8) is 0 Å². The van der Waals surface area contributed by atoms with E-state index < -0.39 is 0 Å². The highest BCUT2D eigenvalue weighted by molar-refractivity contribution is 7.09. The van der Waals surface area contributed by atoms with Crippen molar-refractivity contribution < 1.29 is 9.53 Å². The Morgan fingerprint density at radius 1 is 1.43 bits per heavy atom. The Bertz CT molecular complexity index is 644. The molecule has 2 heterocycles. The standard InChI is InChI=1S/C15H15ClN2O2S/c16-8-12-10-21-14(17-12)7-15(19)18-5-6-20-13-4-2-1-3-11(13)9-18/h1-4,10H,5-9H2. The van der Waals surface area contributed by atoms with Crippen LogP contribution in [0.5, 0.6) is 5.75 Å². The van der Waals surface area contributed by atoms with E-state index in [-0.39, 0.29) is 5.91 Å². The minimum absolute atomic E-state index is 0.0748. The van der Waals surface area contributed by atoms with Gasteiger partial charge in [-0.1, -0.05) is 18.2 Å². The van der Waals surface area contributed by atoms with Gasteiger partial charge in [-0.15, -0.1) is 22.9 Å². The number of alkyl halides is 1. The van der Waals surface area contributed by atoms with Crippen molar-refractivity contribution >= 4 is 28.8 Å². The number of halogens is 1. The van der Waals surface area contributed by atoms with Crippen molar-refractivity contribution in [1.29, 1.82) is 0 Å². The Hall–Kier alpha value is -1.59. The number of para-hydroxylation sites is 1. The Labute approximate surface area is 132 Å². The SMILES string of the molecule is O=C(Cc1nc(CCl)cs1)N1CCOc2ccccc2C1. The van der Waals surface area contributed by atoms with Crippen molar-refractivity contribution in [1.82, 2.24) is 9.88 Å². The first-order valence-corrected chi connectivity index (χ1v) is 8.15. The molecule has 1 aromatic heterocycles. The van der Waals surface area contributed by atoms with Crippen LogP contribution in [-0.2, 0) is 23.6 Å². The molecule has 21 heavy (non-hydrogen) atoms. The molecule has 0 unspecified atom stereocenters. The van der Waals surface area contributed by atoms with Crippen LogP contribution in [0.15, 0.2) is 29.6 Å². The van der Waals surface area contributed by atoms with Crippen molar-refractivity contribution in [2.45, 2.75) is 18.8 Å². The Kier molecular flexibility index (Phi) is 4.41. The largest absolute Gasteiger partial charge is 0.491 e. The Morgan fingerprint density at radius 3 is 3.10 bits per heavy atom. The smallest absolute Gasteiger partial charge is 0.229 e. The van der Waals surface area contributed by atoms with Gasteiger partial charge in [-0.3, -0.25) is 4.79 Å². The molecule has 0 fully saturated rings. The topological polar surface area (TPSA) is 42.4 Å². The molecular formula is C15H15ClN2O2S. The number of thiazole rings is 1. The second kappa shape index (κ2) is 6.45. The molecule has 1 aliphatic heterocycles. The van der Waals surface area contributed by atoms with Gasteiger partial charge in [0.2, 0.25) is 5.91 Å². The van der Waals surface area contributed by atoms with Crippen LogP contribution in [0, 0.1) is 0 Å². The number of aromatic nitrogens is 1. The van der Waals surface area contributed by atoms with Crippen LogP contribution < -0.4 is 4.74 Å². The van der Waals surface area contributed by atoms with Crippen molar-refractivity contribution in [2.24, 2.45) is 0 Å². The van der Waals surface area contributed by atoms with Gasteiger partial charge in [0.25, 0.3) is 0 Å². The summed E-state index contributed by atoms with van der Waals surface area (Å²) in [7, 11) is 0. The maximum Gasteiger partial charge on any atom is 0.229 e. The van der Waals surface area contributed by atoms with E-state index >= 15 is 0 Å². The molecule has 4 nitrogen and oxygen atoms in total. The highest BCUT2D eigenvalue weighted by Gasteiger charge is 2.20. The van der Waals surface area contributed by atoms with Gasteiger partial charge in [-0.25, -0.2) is 4.98 Å². The first-order chi connectivity index (χ1) is 10.3. The van der Waals surface area contributed by atoms with E-state index in [1.54, 1.807) is 0 Å². The van der Waals surface area contributed by atoms with Crippen LogP contribution in [0.3, 0.4) is 0 Å². The maximum absolute atomic E-state index is 12.4. The van der Waals surface area contributed by atoms with Gasteiger partial charge in [0, 0.05) is 17.5 Å². The normalized spacial score (nSPS) is 14.2. The lowest BCUT2D eigenvalue weighted by molar-refractivity contribution is -0.131. The summed E-state index contributed by atoms with van der Waals surface area (Å²) >= 11 is 7.22. The fourth-order valence-electron chi connectivity index (χ4n) is 2.27. The molecule has 3 rings (SSSR count). The van der Waals surface area contributed by atoms with Gasteiger partial charge in [-0.05, 0) is 6.07 Å². The number of hydrogen-bond acceptors (Lipinski definition) is 4. The van der Waals surface area contributed by atoms with E-state index in [2.05, 4.69) is 4.98 Å². The molecule has 0 spiro atoms. The van der Waals surface area contributed by atoms with E-state index in [1.807, 2.05) is 34.5 Å². The summed E-state index contributed by atoms with van der Waals surface area (Å²) < 4.78 is 5.68. The van der Waals surface area contributed by atoms with Crippen LogP contribution in [-0.4, -0.2) is 28.9 Å².